The van der Waals surface area contributed by atoms with Crippen LogP contribution >= 0.6 is 0 Å². The molecule has 0 radical (unpaired) electrons. The summed E-state index contributed by atoms with van der Waals surface area (Å²) < 4.78 is 21.5. The fourth-order valence-electron chi connectivity index (χ4n) is 6.99. The zero-order chi connectivity index (χ0) is 37.5. The summed E-state index contributed by atoms with van der Waals surface area (Å²) in [6, 6.07) is 18.8. The standard InChI is InChI=1S/C44H56O8/c1-6-8-9-10-11-12-33-13-15-35(16-14-33)39-20-17-36(23-30(39)3)37-18-21-40(34(7-2)24-37)38-19-22-41(49-28-51-43(47)31(4)26-45)42(25-38)50-29-52-44(48)32(5)27-46/h17-25,33,35,45-46H,4-16,26-29H2,1-3H3. The third-order valence-electron chi connectivity index (χ3n) is 10.1. The third-order valence-corrected chi connectivity index (χ3v) is 10.1. The van der Waals surface area contributed by atoms with E-state index in [1.165, 1.54) is 80.9 Å². The molecule has 0 heterocycles. The van der Waals surface area contributed by atoms with Gasteiger partial charge in [-0.25, -0.2) is 9.59 Å². The lowest BCUT2D eigenvalue weighted by atomic mass is 9.76. The molecule has 8 nitrogen and oxygen atoms in total. The number of hydrogen-bond acceptors (Lipinski definition) is 8. The smallest absolute Gasteiger partial charge is 0.338 e. The highest BCUT2D eigenvalue weighted by atomic mass is 16.7. The van der Waals surface area contributed by atoms with Gasteiger partial charge in [0.05, 0.1) is 24.4 Å². The summed E-state index contributed by atoms with van der Waals surface area (Å²) in [5.74, 6) is 0.445. The minimum Gasteiger partial charge on any atom is -0.453 e. The van der Waals surface area contributed by atoms with Crippen LogP contribution in [0.1, 0.15) is 101 Å². The van der Waals surface area contributed by atoms with Gasteiger partial charge in [-0.05, 0) is 102 Å². The van der Waals surface area contributed by atoms with E-state index < -0.39 is 38.7 Å². The Kier molecular flexibility index (Phi) is 16.0. The van der Waals surface area contributed by atoms with Gasteiger partial charge in [0.25, 0.3) is 0 Å². The molecule has 2 N–H and O–H groups in total. The van der Waals surface area contributed by atoms with Crippen molar-refractivity contribution in [3.05, 3.63) is 95.6 Å². The quantitative estimate of drug-likeness (QED) is 0.0516. The van der Waals surface area contributed by atoms with E-state index in [1.54, 1.807) is 12.1 Å². The zero-order valence-corrected chi connectivity index (χ0v) is 31.2. The van der Waals surface area contributed by atoms with Crippen molar-refractivity contribution < 1.29 is 38.7 Å². The maximum absolute atomic E-state index is 12.0. The van der Waals surface area contributed by atoms with Crippen molar-refractivity contribution in [1.29, 1.82) is 0 Å². The van der Waals surface area contributed by atoms with Crippen LogP contribution in [0.15, 0.2) is 78.9 Å². The molecule has 1 aliphatic rings. The van der Waals surface area contributed by atoms with Gasteiger partial charge in [0.1, 0.15) is 0 Å². The highest BCUT2D eigenvalue weighted by molar-refractivity contribution is 5.88. The van der Waals surface area contributed by atoms with Crippen molar-refractivity contribution in [2.24, 2.45) is 5.92 Å². The van der Waals surface area contributed by atoms with Crippen molar-refractivity contribution in [2.75, 3.05) is 26.8 Å². The minimum absolute atomic E-state index is 0.103. The number of aryl methyl sites for hydroxylation is 2. The van der Waals surface area contributed by atoms with Crippen LogP contribution in [-0.2, 0) is 25.5 Å². The Hall–Kier alpha value is -4.40. The number of unbranched alkanes of at least 4 members (excludes halogenated alkanes) is 4. The fourth-order valence-corrected chi connectivity index (χ4v) is 6.99. The highest BCUT2D eigenvalue weighted by Gasteiger charge is 2.23. The molecule has 0 aliphatic heterocycles. The van der Waals surface area contributed by atoms with E-state index in [4.69, 9.17) is 24.1 Å². The van der Waals surface area contributed by atoms with E-state index in [1.807, 2.05) is 6.07 Å². The highest BCUT2D eigenvalue weighted by Crippen LogP contribution is 2.41. The summed E-state index contributed by atoms with van der Waals surface area (Å²) in [5.41, 5.74) is 8.00. The molecule has 8 heteroatoms. The molecule has 1 aliphatic carbocycles. The number of hydrogen-bond donors (Lipinski definition) is 2. The molecule has 4 rings (SSSR count). The van der Waals surface area contributed by atoms with Crippen molar-refractivity contribution >= 4 is 11.9 Å². The number of esters is 2. The Bertz CT molecular complexity index is 1670. The average Bonchev–Trinajstić information content (AvgIpc) is 3.17. The van der Waals surface area contributed by atoms with Crippen LogP contribution < -0.4 is 9.47 Å². The van der Waals surface area contributed by atoms with Crippen LogP contribution in [0, 0.1) is 12.8 Å². The molecule has 52 heavy (non-hydrogen) atoms. The Morgan fingerprint density at radius 1 is 0.712 bits per heavy atom. The van der Waals surface area contributed by atoms with Gasteiger partial charge in [-0.1, -0.05) is 108 Å². The minimum atomic E-state index is -0.791. The lowest BCUT2D eigenvalue weighted by molar-refractivity contribution is -0.147. The number of benzene rings is 3. The normalized spacial score (nSPS) is 15.5. The summed E-state index contributed by atoms with van der Waals surface area (Å²) in [5, 5.41) is 18.3. The largest absolute Gasteiger partial charge is 0.453 e. The SMILES string of the molecule is C=C(CO)C(=O)OCOc1ccc(-c2ccc(-c3ccc(C4CCC(CCCCCCC)CC4)c(C)c3)cc2CC)cc1OCOC(=O)C(=C)CO. The summed E-state index contributed by atoms with van der Waals surface area (Å²) in [6.07, 6.45) is 14.3. The van der Waals surface area contributed by atoms with Gasteiger partial charge in [-0.15, -0.1) is 0 Å². The zero-order valence-electron chi connectivity index (χ0n) is 31.2. The van der Waals surface area contributed by atoms with E-state index in [0.717, 1.165) is 34.6 Å². The second kappa shape index (κ2) is 20.6. The summed E-state index contributed by atoms with van der Waals surface area (Å²) in [7, 11) is 0. The molecule has 280 valence electrons. The molecule has 3 aromatic rings. The number of rotatable bonds is 20. The maximum atomic E-state index is 12.0. The monoisotopic (exact) mass is 712 g/mol. The molecule has 0 bridgehead atoms. The van der Waals surface area contributed by atoms with Crippen LogP contribution in [0.25, 0.3) is 22.3 Å². The lowest BCUT2D eigenvalue weighted by Crippen LogP contribution is -2.15. The summed E-state index contributed by atoms with van der Waals surface area (Å²) in [4.78, 5) is 23.9. The first-order valence-corrected chi connectivity index (χ1v) is 18.7. The van der Waals surface area contributed by atoms with E-state index in [9.17, 15) is 14.7 Å². The van der Waals surface area contributed by atoms with Crippen LogP contribution in [0.5, 0.6) is 11.5 Å². The van der Waals surface area contributed by atoms with Crippen molar-refractivity contribution in [3.8, 4) is 33.8 Å². The van der Waals surface area contributed by atoms with Gasteiger partial charge in [-0.2, -0.15) is 0 Å². The van der Waals surface area contributed by atoms with Crippen LogP contribution in [0.3, 0.4) is 0 Å². The molecule has 1 fully saturated rings. The molecule has 0 atom stereocenters. The van der Waals surface area contributed by atoms with Gasteiger partial charge >= 0.3 is 11.9 Å². The topological polar surface area (TPSA) is 112 Å². The molecule has 1 saturated carbocycles. The van der Waals surface area contributed by atoms with Crippen molar-refractivity contribution in [3.63, 3.8) is 0 Å². The van der Waals surface area contributed by atoms with Crippen LogP contribution in [-0.4, -0.2) is 49.0 Å². The number of aliphatic hydroxyl groups excluding tert-OH is 2. The first kappa shape index (κ1) is 40.4. The second-order valence-corrected chi connectivity index (χ2v) is 13.8. The van der Waals surface area contributed by atoms with Crippen molar-refractivity contribution in [2.45, 2.75) is 97.3 Å². The van der Waals surface area contributed by atoms with Gasteiger partial charge in [-0.3, -0.25) is 0 Å². The molecule has 0 amide bonds. The Morgan fingerprint density at radius 2 is 1.31 bits per heavy atom. The van der Waals surface area contributed by atoms with Crippen molar-refractivity contribution in [1.82, 2.24) is 0 Å². The Labute approximate surface area is 309 Å². The number of ether oxygens (including phenoxy) is 4. The predicted molar refractivity (Wildman–Crippen MR) is 205 cm³/mol. The van der Waals surface area contributed by atoms with Gasteiger partial charge in [0.2, 0.25) is 13.6 Å². The second-order valence-electron chi connectivity index (χ2n) is 13.8. The van der Waals surface area contributed by atoms with Crippen LogP contribution in [0.2, 0.25) is 0 Å². The molecule has 0 unspecified atom stereocenters. The van der Waals surface area contributed by atoms with E-state index in [0.29, 0.717) is 5.92 Å². The maximum Gasteiger partial charge on any atom is 0.338 e. The first-order chi connectivity index (χ1) is 25.2. The number of aliphatic hydroxyl groups is 2. The van der Waals surface area contributed by atoms with E-state index in [-0.39, 0.29) is 22.6 Å². The van der Waals surface area contributed by atoms with Gasteiger partial charge < -0.3 is 29.2 Å². The predicted octanol–water partition coefficient (Wildman–Crippen LogP) is 9.38. The molecule has 3 aromatic carbocycles. The number of carbonyl (C=O) groups is 2. The molecule has 0 saturated heterocycles. The van der Waals surface area contributed by atoms with E-state index in [2.05, 4.69) is 70.3 Å². The summed E-state index contributed by atoms with van der Waals surface area (Å²) in [6.45, 7) is 11.6. The Balaban J connectivity index is 1.48. The number of carbonyl (C=O) groups excluding carboxylic acids is 2. The third kappa shape index (κ3) is 11.3. The molecule has 0 aromatic heterocycles. The van der Waals surface area contributed by atoms with Crippen LogP contribution in [0.4, 0.5) is 0 Å². The fraction of sp³-hybridized carbons (Fsp3) is 0.455. The van der Waals surface area contributed by atoms with Gasteiger partial charge in [0, 0.05) is 0 Å². The summed E-state index contributed by atoms with van der Waals surface area (Å²) >= 11 is 0. The molecular weight excluding hydrogens is 656 g/mol. The average molecular weight is 713 g/mol. The molecular formula is C44H56O8. The lowest BCUT2D eigenvalue weighted by Gasteiger charge is -2.30. The van der Waals surface area contributed by atoms with Gasteiger partial charge in [0.15, 0.2) is 11.5 Å². The first-order valence-electron chi connectivity index (χ1n) is 18.7. The van der Waals surface area contributed by atoms with E-state index >= 15 is 0 Å². The Morgan fingerprint density at radius 3 is 1.92 bits per heavy atom. The molecule has 0 spiro atoms.